The molecule has 0 saturated heterocycles. The number of furan rings is 2. The molecule has 1 aromatic carbocycles. The second kappa shape index (κ2) is 4.93. The van der Waals surface area contributed by atoms with Crippen LogP contribution in [0.1, 0.15) is 11.3 Å². The third kappa shape index (κ3) is 1.94. The zero-order valence-electron chi connectivity index (χ0n) is 14.3. The molecule has 0 fully saturated rings. The summed E-state index contributed by atoms with van der Waals surface area (Å²) in [6.45, 7) is 4.06. The van der Waals surface area contributed by atoms with E-state index < -0.39 is 0 Å². The summed E-state index contributed by atoms with van der Waals surface area (Å²) in [6.07, 6.45) is 2.04. The van der Waals surface area contributed by atoms with Crippen LogP contribution < -0.4 is 4.57 Å². The van der Waals surface area contributed by atoms with Crippen molar-refractivity contribution < 1.29 is 13.4 Å². The van der Waals surface area contributed by atoms with Crippen LogP contribution in [0.15, 0.2) is 57.5 Å². The highest BCUT2D eigenvalue weighted by molar-refractivity contribution is 6.14. The van der Waals surface area contributed by atoms with Crippen LogP contribution in [0.4, 0.5) is 0 Å². The molecule has 0 bridgehead atoms. The number of aryl methyl sites for hydroxylation is 3. The normalized spacial score (nSPS) is 11.8. The van der Waals surface area contributed by atoms with Gasteiger partial charge in [-0.15, -0.1) is 0 Å². The molecule has 5 aromatic rings. The first-order valence-electron chi connectivity index (χ1n) is 8.30. The summed E-state index contributed by atoms with van der Waals surface area (Å²) < 4.78 is 14.5. The van der Waals surface area contributed by atoms with E-state index in [4.69, 9.17) is 8.83 Å². The van der Waals surface area contributed by atoms with Gasteiger partial charge in [-0.2, -0.15) is 0 Å². The fourth-order valence-corrected chi connectivity index (χ4v) is 3.50. The fraction of sp³-hybridized carbons (Fsp3) is 0.143. The SMILES string of the molecule is Cc1ccc2c(n1)oc1c3ccc(C)c(-c4cccc[n+]4C)c3oc21. The smallest absolute Gasteiger partial charge is 0.230 e. The molecular formula is C21H17N2O2+. The molecule has 0 spiro atoms. The number of rotatable bonds is 1. The molecule has 5 rings (SSSR count). The number of benzene rings is 1. The standard InChI is InChI=1S/C21H17N2O2/c1-12-7-9-14-18(17(12)16-6-4-5-11-23(16)3)24-20-15-10-8-13(2)22-21(15)25-19(14)20/h4-11H,1-3H3/q+1. The number of hydrogen-bond acceptors (Lipinski definition) is 3. The van der Waals surface area contributed by atoms with Crippen molar-refractivity contribution >= 4 is 33.2 Å². The Bertz CT molecular complexity index is 1280. The van der Waals surface area contributed by atoms with Crippen molar-refractivity contribution in [2.75, 3.05) is 0 Å². The van der Waals surface area contributed by atoms with Crippen molar-refractivity contribution in [3.63, 3.8) is 0 Å². The Labute approximate surface area is 144 Å². The minimum Gasteiger partial charge on any atom is -0.451 e. The molecule has 0 atom stereocenters. The third-order valence-electron chi connectivity index (χ3n) is 4.77. The predicted octanol–water partition coefficient (Wildman–Crippen LogP) is 4.84. The number of fused-ring (bicyclic) bond motifs is 5. The Morgan fingerprint density at radius 3 is 2.48 bits per heavy atom. The van der Waals surface area contributed by atoms with Crippen molar-refractivity contribution in [1.82, 2.24) is 4.98 Å². The summed E-state index contributed by atoms with van der Waals surface area (Å²) >= 11 is 0. The van der Waals surface area contributed by atoms with Gasteiger partial charge in [0.1, 0.15) is 7.05 Å². The monoisotopic (exact) mass is 329 g/mol. The van der Waals surface area contributed by atoms with E-state index in [1.165, 1.54) is 5.56 Å². The van der Waals surface area contributed by atoms with E-state index >= 15 is 0 Å². The van der Waals surface area contributed by atoms with Gasteiger partial charge in [-0.3, -0.25) is 0 Å². The van der Waals surface area contributed by atoms with E-state index in [-0.39, 0.29) is 0 Å². The summed E-state index contributed by atoms with van der Waals surface area (Å²) in [5.74, 6) is 0. The lowest BCUT2D eigenvalue weighted by atomic mass is 10.0. The molecule has 0 unspecified atom stereocenters. The molecular weight excluding hydrogens is 312 g/mol. The van der Waals surface area contributed by atoms with Gasteiger partial charge in [-0.05, 0) is 43.7 Å². The predicted molar refractivity (Wildman–Crippen MR) is 97.4 cm³/mol. The Kier molecular flexibility index (Phi) is 2.80. The number of aromatic nitrogens is 2. The highest BCUT2D eigenvalue weighted by Gasteiger charge is 2.23. The lowest BCUT2D eigenvalue weighted by molar-refractivity contribution is -0.660. The van der Waals surface area contributed by atoms with Crippen molar-refractivity contribution in [2.45, 2.75) is 13.8 Å². The molecule has 0 amide bonds. The topological polar surface area (TPSA) is 43.0 Å². The van der Waals surface area contributed by atoms with Crippen LogP contribution in [-0.2, 0) is 7.05 Å². The first kappa shape index (κ1) is 14.2. The summed E-state index contributed by atoms with van der Waals surface area (Å²) in [6, 6.07) is 14.4. The second-order valence-electron chi connectivity index (χ2n) is 6.50. The minimum absolute atomic E-state index is 0.628. The van der Waals surface area contributed by atoms with Crippen LogP contribution in [0.2, 0.25) is 0 Å². The van der Waals surface area contributed by atoms with Crippen LogP contribution in [0, 0.1) is 13.8 Å². The highest BCUT2D eigenvalue weighted by Crippen LogP contribution is 2.40. The third-order valence-corrected chi connectivity index (χ3v) is 4.77. The fourth-order valence-electron chi connectivity index (χ4n) is 3.50. The van der Waals surface area contributed by atoms with E-state index in [2.05, 4.69) is 34.7 Å². The summed E-state index contributed by atoms with van der Waals surface area (Å²) in [7, 11) is 2.04. The van der Waals surface area contributed by atoms with Crippen molar-refractivity contribution in [1.29, 1.82) is 0 Å². The van der Waals surface area contributed by atoms with Gasteiger partial charge in [0.25, 0.3) is 0 Å². The average Bonchev–Trinajstić information content (AvgIpc) is 3.11. The largest absolute Gasteiger partial charge is 0.451 e. The van der Waals surface area contributed by atoms with Gasteiger partial charge < -0.3 is 8.83 Å². The van der Waals surface area contributed by atoms with Crippen LogP contribution in [0.5, 0.6) is 0 Å². The summed E-state index contributed by atoms with van der Waals surface area (Å²) in [5.41, 5.74) is 7.33. The van der Waals surface area contributed by atoms with Crippen LogP contribution in [-0.4, -0.2) is 4.98 Å². The lowest BCUT2D eigenvalue weighted by Crippen LogP contribution is -2.30. The van der Waals surface area contributed by atoms with Crippen LogP contribution >= 0.6 is 0 Å². The quantitative estimate of drug-likeness (QED) is 0.413. The van der Waals surface area contributed by atoms with Crippen molar-refractivity contribution in [3.05, 3.63) is 59.9 Å². The van der Waals surface area contributed by atoms with Gasteiger partial charge in [0.15, 0.2) is 22.9 Å². The summed E-state index contributed by atoms with van der Waals surface area (Å²) in [4.78, 5) is 4.47. The maximum Gasteiger partial charge on any atom is 0.230 e. The van der Waals surface area contributed by atoms with E-state index in [0.717, 1.165) is 44.5 Å². The van der Waals surface area contributed by atoms with Gasteiger partial charge in [0, 0.05) is 17.8 Å². The van der Waals surface area contributed by atoms with E-state index in [1.807, 2.05) is 44.4 Å². The molecule has 0 radical (unpaired) electrons. The van der Waals surface area contributed by atoms with E-state index in [0.29, 0.717) is 5.71 Å². The lowest BCUT2D eigenvalue weighted by Gasteiger charge is -2.04. The number of pyridine rings is 2. The number of nitrogens with zero attached hydrogens (tertiary/aromatic N) is 2. The molecule has 25 heavy (non-hydrogen) atoms. The molecule has 4 aromatic heterocycles. The van der Waals surface area contributed by atoms with Gasteiger partial charge in [-0.25, -0.2) is 9.55 Å². The number of hydrogen-bond donors (Lipinski definition) is 0. The highest BCUT2D eigenvalue weighted by atomic mass is 16.4. The molecule has 0 aliphatic heterocycles. The molecule has 4 heterocycles. The first-order chi connectivity index (χ1) is 12.1. The average molecular weight is 329 g/mol. The molecule has 122 valence electrons. The van der Waals surface area contributed by atoms with Crippen molar-refractivity contribution in [2.24, 2.45) is 7.05 Å². The van der Waals surface area contributed by atoms with E-state index in [1.54, 1.807) is 0 Å². The van der Waals surface area contributed by atoms with Gasteiger partial charge in [0.05, 0.1) is 16.3 Å². The molecule has 0 aliphatic rings. The van der Waals surface area contributed by atoms with E-state index in [9.17, 15) is 0 Å². The minimum atomic E-state index is 0.628. The molecule has 4 nitrogen and oxygen atoms in total. The molecule has 4 heteroatoms. The summed E-state index contributed by atoms with van der Waals surface area (Å²) in [5, 5.41) is 1.90. The van der Waals surface area contributed by atoms with Gasteiger partial charge in [0.2, 0.25) is 11.4 Å². The Hall–Kier alpha value is -3.14. The molecule has 0 N–H and O–H groups in total. The van der Waals surface area contributed by atoms with Crippen molar-refractivity contribution in [3.8, 4) is 11.3 Å². The van der Waals surface area contributed by atoms with Crippen LogP contribution in [0.25, 0.3) is 44.5 Å². The zero-order valence-corrected chi connectivity index (χ0v) is 14.3. The molecule has 0 saturated carbocycles. The first-order valence-corrected chi connectivity index (χ1v) is 8.30. The van der Waals surface area contributed by atoms with Gasteiger partial charge in [-0.1, -0.05) is 6.07 Å². The zero-order chi connectivity index (χ0) is 17.1. The molecule has 0 aliphatic carbocycles. The maximum absolute atomic E-state index is 6.32. The van der Waals surface area contributed by atoms with Gasteiger partial charge >= 0.3 is 0 Å². The van der Waals surface area contributed by atoms with Crippen LogP contribution in [0.3, 0.4) is 0 Å². The maximum atomic E-state index is 6.32. The second-order valence-corrected chi connectivity index (χ2v) is 6.50. The Morgan fingerprint density at radius 1 is 0.840 bits per heavy atom. The Balaban J connectivity index is 1.93. The Morgan fingerprint density at radius 2 is 1.64 bits per heavy atom.